The smallest absolute Gasteiger partial charge is 0.163 e. The molecule has 139 valence electrons. The first kappa shape index (κ1) is 23.5. The number of allylic oxidation sites excluding steroid dienone is 4. The molecule has 3 heteroatoms. The summed E-state index contributed by atoms with van der Waals surface area (Å²) in [5.41, 5.74) is 2.00. The first-order chi connectivity index (χ1) is 12.2. The summed E-state index contributed by atoms with van der Waals surface area (Å²) in [5.74, 6) is 0.330. The summed E-state index contributed by atoms with van der Waals surface area (Å²) in [6.07, 6.45) is 14.6. The number of carbonyl (C=O) groups is 1. The van der Waals surface area contributed by atoms with Crippen molar-refractivity contribution in [2.24, 2.45) is 5.92 Å². The Morgan fingerprint density at radius 2 is 1.92 bits per heavy atom. The molecule has 1 aromatic carbocycles. The van der Waals surface area contributed by atoms with Crippen molar-refractivity contribution in [3.05, 3.63) is 66.6 Å². The van der Waals surface area contributed by atoms with Crippen LogP contribution in [0.2, 0.25) is 0 Å². The summed E-state index contributed by atoms with van der Waals surface area (Å²) in [4.78, 5) is 12.3. The molecule has 0 spiro atoms. The second kappa shape index (κ2) is 12.8. The number of hydrogen-bond donors (Lipinski definition) is 1. The molecule has 0 fully saturated rings. The molecule has 1 N–H and O–H groups in total. The molecule has 0 amide bonds. The van der Waals surface area contributed by atoms with Crippen molar-refractivity contribution < 1.29 is 42.6 Å². The van der Waals surface area contributed by atoms with E-state index in [2.05, 4.69) is 26.0 Å². The van der Waals surface area contributed by atoms with E-state index in [0.717, 1.165) is 56.1 Å². The summed E-state index contributed by atoms with van der Waals surface area (Å²) < 4.78 is 0. The SMILES string of the molecule is [CH2-]CCC=CC[C@H]1C=CC(=O)[C@@H]1c1ccc(C(O)CCCCC)cc1.[Y]. The van der Waals surface area contributed by atoms with E-state index in [4.69, 9.17) is 0 Å². The molecule has 1 radical (unpaired) electrons. The van der Waals surface area contributed by atoms with Gasteiger partial charge in [0.2, 0.25) is 0 Å². The zero-order valence-electron chi connectivity index (χ0n) is 15.9. The van der Waals surface area contributed by atoms with Gasteiger partial charge in [0.05, 0.1) is 12.0 Å². The molecule has 0 saturated heterocycles. The van der Waals surface area contributed by atoms with Crippen LogP contribution in [0.4, 0.5) is 0 Å². The number of hydrogen-bond acceptors (Lipinski definition) is 2. The van der Waals surface area contributed by atoms with Gasteiger partial charge in [-0.05, 0) is 36.0 Å². The van der Waals surface area contributed by atoms with Crippen LogP contribution in [0.15, 0.2) is 48.6 Å². The number of carbonyl (C=O) groups excluding carboxylic acids is 1. The molecule has 1 aliphatic carbocycles. The fourth-order valence-corrected chi connectivity index (χ4v) is 3.44. The van der Waals surface area contributed by atoms with E-state index in [0.29, 0.717) is 0 Å². The van der Waals surface area contributed by atoms with Crippen molar-refractivity contribution in [1.82, 2.24) is 0 Å². The Morgan fingerprint density at radius 1 is 1.19 bits per heavy atom. The van der Waals surface area contributed by atoms with Gasteiger partial charge in [0.15, 0.2) is 5.78 Å². The van der Waals surface area contributed by atoms with Gasteiger partial charge >= 0.3 is 0 Å². The normalized spacial score (nSPS) is 20.5. The van der Waals surface area contributed by atoms with Crippen molar-refractivity contribution in [2.75, 3.05) is 0 Å². The first-order valence-electron chi connectivity index (χ1n) is 9.61. The molecule has 0 aromatic heterocycles. The van der Waals surface area contributed by atoms with Gasteiger partial charge < -0.3 is 12.0 Å². The average molecular weight is 428 g/mol. The molecule has 0 bridgehead atoms. The predicted octanol–water partition coefficient (Wildman–Crippen LogP) is 5.70. The Kier molecular flexibility index (Phi) is 11.5. The van der Waals surface area contributed by atoms with E-state index in [-0.39, 0.29) is 50.3 Å². The molecule has 2 rings (SSSR count). The maximum absolute atomic E-state index is 12.3. The van der Waals surface area contributed by atoms with Crippen LogP contribution in [0.25, 0.3) is 0 Å². The minimum Gasteiger partial charge on any atom is -0.388 e. The first-order valence-corrected chi connectivity index (χ1v) is 9.61. The van der Waals surface area contributed by atoms with E-state index in [9.17, 15) is 9.90 Å². The average Bonchev–Trinajstić information content (AvgIpc) is 2.99. The molecule has 0 saturated carbocycles. The van der Waals surface area contributed by atoms with Gasteiger partial charge in [-0.3, -0.25) is 4.79 Å². The molecule has 26 heavy (non-hydrogen) atoms. The van der Waals surface area contributed by atoms with Crippen LogP contribution in [0.5, 0.6) is 0 Å². The Labute approximate surface area is 184 Å². The Balaban J connectivity index is 0.00000338. The van der Waals surface area contributed by atoms with Gasteiger partial charge in [-0.25, -0.2) is 0 Å². The molecule has 0 heterocycles. The third-order valence-corrected chi connectivity index (χ3v) is 4.95. The van der Waals surface area contributed by atoms with E-state index >= 15 is 0 Å². The van der Waals surface area contributed by atoms with Crippen LogP contribution in [-0.4, -0.2) is 10.9 Å². The van der Waals surface area contributed by atoms with Gasteiger partial charge in [-0.15, -0.1) is 0 Å². The second-order valence-electron chi connectivity index (χ2n) is 6.93. The minimum atomic E-state index is -0.403. The predicted molar refractivity (Wildman–Crippen MR) is 104 cm³/mol. The van der Waals surface area contributed by atoms with Gasteiger partial charge in [0, 0.05) is 32.7 Å². The number of aliphatic hydroxyl groups is 1. The van der Waals surface area contributed by atoms with Gasteiger partial charge in [-0.2, -0.15) is 6.42 Å². The number of ketones is 1. The molecule has 1 unspecified atom stereocenters. The van der Waals surface area contributed by atoms with Crippen LogP contribution in [0.1, 0.15) is 75.0 Å². The molecule has 3 atom stereocenters. The van der Waals surface area contributed by atoms with Gasteiger partial charge in [0.1, 0.15) is 0 Å². The third kappa shape index (κ3) is 6.87. The third-order valence-electron chi connectivity index (χ3n) is 4.95. The fourth-order valence-electron chi connectivity index (χ4n) is 3.44. The molecule has 1 aliphatic rings. The van der Waals surface area contributed by atoms with Gasteiger partial charge in [0.25, 0.3) is 0 Å². The number of rotatable bonds is 10. The zero-order valence-corrected chi connectivity index (χ0v) is 18.8. The largest absolute Gasteiger partial charge is 0.388 e. The quantitative estimate of drug-likeness (QED) is 0.295. The Bertz CT molecular complexity index is 589. The molecule has 1 aromatic rings. The fraction of sp³-hybridized carbons (Fsp3) is 0.478. The molecule has 0 aliphatic heterocycles. The van der Waals surface area contributed by atoms with Crippen LogP contribution < -0.4 is 0 Å². The van der Waals surface area contributed by atoms with Crippen LogP contribution in [-0.2, 0) is 37.5 Å². The van der Waals surface area contributed by atoms with Crippen LogP contribution in [0.3, 0.4) is 0 Å². The van der Waals surface area contributed by atoms with Crippen molar-refractivity contribution in [1.29, 1.82) is 0 Å². The van der Waals surface area contributed by atoms with E-state index < -0.39 is 6.10 Å². The summed E-state index contributed by atoms with van der Waals surface area (Å²) in [5, 5.41) is 10.3. The Hall–Kier alpha value is -0.566. The van der Waals surface area contributed by atoms with E-state index in [1.165, 1.54) is 0 Å². The summed E-state index contributed by atoms with van der Waals surface area (Å²) >= 11 is 0. The number of unbranched alkanes of at least 4 members (excludes halogenated alkanes) is 3. The van der Waals surface area contributed by atoms with Crippen molar-refractivity contribution >= 4 is 5.78 Å². The second-order valence-corrected chi connectivity index (χ2v) is 6.93. The van der Waals surface area contributed by atoms with Crippen LogP contribution in [0, 0.1) is 12.8 Å². The maximum atomic E-state index is 12.3. The number of benzene rings is 1. The van der Waals surface area contributed by atoms with Crippen molar-refractivity contribution in [3.63, 3.8) is 0 Å². The van der Waals surface area contributed by atoms with E-state index in [1.54, 1.807) is 6.08 Å². The standard InChI is InChI=1S/C23H31O2.Y/c1-3-5-7-9-10-19-16-17-22(25)23(19)20-14-12-18(13-15-20)21(24)11-8-6-4-2;/h7,9,12-17,19,21,23-24H,1,3-6,8,10-11H2,2H3;/q-1;/t19-,21?,23-;/m0./s1. The zero-order chi connectivity index (χ0) is 18.1. The van der Waals surface area contributed by atoms with E-state index in [1.807, 2.05) is 30.3 Å². The summed E-state index contributed by atoms with van der Waals surface area (Å²) in [6.45, 7) is 6.00. The molecule has 2 nitrogen and oxygen atoms in total. The Morgan fingerprint density at radius 3 is 2.58 bits per heavy atom. The van der Waals surface area contributed by atoms with Crippen LogP contribution >= 0.6 is 0 Å². The minimum absolute atomic E-state index is 0. The molecular formula is C23H31O2Y-. The summed E-state index contributed by atoms with van der Waals surface area (Å²) in [6, 6.07) is 7.99. The van der Waals surface area contributed by atoms with Gasteiger partial charge in [-0.1, -0.05) is 75.1 Å². The monoisotopic (exact) mass is 428 g/mol. The van der Waals surface area contributed by atoms with Crippen molar-refractivity contribution in [2.45, 2.75) is 63.9 Å². The number of aliphatic hydroxyl groups excluding tert-OH is 1. The maximum Gasteiger partial charge on any atom is 0.163 e. The summed E-state index contributed by atoms with van der Waals surface area (Å²) in [7, 11) is 0. The topological polar surface area (TPSA) is 37.3 Å². The molecular weight excluding hydrogens is 397 g/mol. The van der Waals surface area contributed by atoms with Crippen molar-refractivity contribution in [3.8, 4) is 0 Å².